The summed E-state index contributed by atoms with van der Waals surface area (Å²) in [5.74, 6) is 0.171. The van der Waals surface area contributed by atoms with Gasteiger partial charge < -0.3 is 21.0 Å². The predicted octanol–water partition coefficient (Wildman–Crippen LogP) is 0.669. The van der Waals surface area contributed by atoms with E-state index >= 15 is 0 Å². The minimum atomic E-state index is 0.171. The van der Waals surface area contributed by atoms with E-state index in [0.29, 0.717) is 19.7 Å². The molecule has 16 heavy (non-hydrogen) atoms. The van der Waals surface area contributed by atoms with Crippen LogP contribution in [0.25, 0.3) is 0 Å². The molecule has 1 aromatic carbocycles. The van der Waals surface area contributed by atoms with Gasteiger partial charge in [0.05, 0.1) is 13.2 Å². The maximum absolute atomic E-state index is 8.37. The number of nitrogens with one attached hydrogen (secondary N) is 1. The number of hydrogen-bond acceptors (Lipinski definition) is 4. The van der Waals surface area contributed by atoms with Crippen molar-refractivity contribution in [2.24, 2.45) is 10.9 Å². The summed E-state index contributed by atoms with van der Waals surface area (Å²) < 4.78 is 5.10. The summed E-state index contributed by atoms with van der Waals surface area (Å²) in [6.07, 6.45) is 0. The number of methoxy groups -OCH3 is 1. The van der Waals surface area contributed by atoms with E-state index in [1.54, 1.807) is 7.11 Å². The van der Waals surface area contributed by atoms with Gasteiger partial charge in [-0.25, -0.2) is 0 Å². The van der Waals surface area contributed by atoms with Crippen LogP contribution in [0.1, 0.15) is 11.1 Å². The summed E-state index contributed by atoms with van der Waals surface area (Å²) in [5, 5.41) is 14.3. The number of hydrogen-bond donors (Lipinski definition) is 3. The van der Waals surface area contributed by atoms with E-state index in [-0.39, 0.29) is 5.84 Å². The molecule has 1 rings (SSSR count). The van der Waals surface area contributed by atoms with Crippen molar-refractivity contribution in [3.8, 4) is 0 Å². The molecule has 5 nitrogen and oxygen atoms in total. The molecule has 0 fully saturated rings. The third-order valence-corrected chi connectivity index (χ3v) is 2.17. The van der Waals surface area contributed by atoms with E-state index in [0.717, 1.165) is 11.1 Å². The molecule has 0 aliphatic rings. The first-order chi connectivity index (χ1) is 7.77. The van der Waals surface area contributed by atoms with Crippen molar-refractivity contribution in [2.75, 3.05) is 13.7 Å². The fourth-order valence-electron chi connectivity index (χ4n) is 1.39. The first-order valence-electron chi connectivity index (χ1n) is 5.00. The molecule has 0 saturated carbocycles. The molecule has 0 amide bonds. The number of rotatable bonds is 6. The molecule has 0 aliphatic carbocycles. The van der Waals surface area contributed by atoms with Crippen LogP contribution in [0.2, 0.25) is 0 Å². The Morgan fingerprint density at radius 2 is 2.12 bits per heavy atom. The van der Waals surface area contributed by atoms with Crippen LogP contribution in [0.3, 0.4) is 0 Å². The van der Waals surface area contributed by atoms with Crippen LogP contribution in [-0.2, 0) is 17.9 Å². The van der Waals surface area contributed by atoms with Crippen LogP contribution in [0, 0.1) is 0 Å². The third kappa shape index (κ3) is 3.88. The van der Waals surface area contributed by atoms with Crippen LogP contribution in [-0.4, -0.2) is 24.7 Å². The molecule has 0 spiro atoms. The molecule has 0 bridgehead atoms. The van der Waals surface area contributed by atoms with E-state index in [2.05, 4.69) is 10.5 Å². The zero-order chi connectivity index (χ0) is 11.8. The maximum Gasteiger partial charge on any atom is 0.153 e. The largest absolute Gasteiger partial charge is 0.409 e. The lowest BCUT2D eigenvalue weighted by Crippen LogP contribution is -2.28. The first-order valence-corrected chi connectivity index (χ1v) is 5.00. The van der Waals surface area contributed by atoms with E-state index in [1.165, 1.54) is 0 Å². The summed E-state index contributed by atoms with van der Waals surface area (Å²) in [6, 6.07) is 7.98. The molecule has 0 heterocycles. The second-order valence-electron chi connectivity index (χ2n) is 3.40. The van der Waals surface area contributed by atoms with Crippen LogP contribution in [0.5, 0.6) is 0 Å². The van der Waals surface area contributed by atoms with E-state index in [9.17, 15) is 0 Å². The topological polar surface area (TPSA) is 79.9 Å². The lowest BCUT2D eigenvalue weighted by atomic mass is 10.1. The number of ether oxygens (including phenoxy) is 1. The molecular weight excluding hydrogens is 206 g/mol. The molecule has 0 atom stereocenters. The SMILES string of the molecule is COCc1ccccc1CNCC(N)=NO. The monoisotopic (exact) mass is 223 g/mol. The predicted molar refractivity (Wildman–Crippen MR) is 62.3 cm³/mol. The Balaban J connectivity index is 2.52. The van der Waals surface area contributed by atoms with Crippen molar-refractivity contribution in [2.45, 2.75) is 13.2 Å². The Morgan fingerprint density at radius 1 is 1.44 bits per heavy atom. The number of benzene rings is 1. The number of oxime groups is 1. The van der Waals surface area contributed by atoms with Crippen molar-refractivity contribution < 1.29 is 9.94 Å². The highest BCUT2D eigenvalue weighted by molar-refractivity contribution is 5.81. The number of nitrogens with zero attached hydrogens (tertiary/aromatic N) is 1. The Labute approximate surface area is 94.9 Å². The quantitative estimate of drug-likeness (QED) is 0.286. The Hall–Kier alpha value is -1.59. The van der Waals surface area contributed by atoms with Crippen molar-refractivity contribution in [3.05, 3.63) is 35.4 Å². The van der Waals surface area contributed by atoms with Gasteiger partial charge in [0.25, 0.3) is 0 Å². The zero-order valence-corrected chi connectivity index (χ0v) is 9.31. The normalized spacial score (nSPS) is 11.7. The van der Waals surface area contributed by atoms with Crippen LogP contribution < -0.4 is 11.1 Å². The molecule has 4 N–H and O–H groups in total. The Morgan fingerprint density at radius 3 is 2.75 bits per heavy atom. The first kappa shape index (κ1) is 12.5. The van der Waals surface area contributed by atoms with Crippen molar-refractivity contribution in [1.29, 1.82) is 0 Å². The molecule has 0 aliphatic heterocycles. The van der Waals surface area contributed by atoms with Gasteiger partial charge >= 0.3 is 0 Å². The van der Waals surface area contributed by atoms with Gasteiger partial charge in [-0.15, -0.1) is 0 Å². The molecule has 0 saturated heterocycles. The highest BCUT2D eigenvalue weighted by Crippen LogP contribution is 2.09. The minimum absolute atomic E-state index is 0.171. The lowest BCUT2D eigenvalue weighted by molar-refractivity contribution is 0.184. The summed E-state index contributed by atoms with van der Waals surface area (Å²) in [4.78, 5) is 0. The third-order valence-electron chi connectivity index (χ3n) is 2.17. The van der Waals surface area contributed by atoms with Gasteiger partial charge in [-0.05, 0) is 11.1 Å². The average molecular weight is 223 g/mol. The van der Waals surface area contributed by atoms with Crippen molar-refractivity contribution in [1.82, 2.24) is 5.32 Å². The summed E-state index contributed by atoms with van der Waals surface area (Å²) in [7, 11) is 1.67. The van der Waals surface area contributed by atoms with Gasteiger partial charge in [-0.1, -0.05) is 29.4 Å². The maximum atomic E-state index is 8.37. The highest BCUT2D eigenvalue weighted by Gasteiger charge is 2.01. The molecule has 0 aromatic heterocycles. The fraction of sp³-hybridized carbons (Fsp3) is 0.364. The van der Waals surface area contributed by atoms with Gasteiger partial charge in [-0.3, -0.25) is 0 Å². The van der Waals surface area contributed by atoms with Gasteiger partial charge in [0, 0.05) is 13.7 Å². The summed E-state index contributed by atoms with van der Waals surface area (Å²) in [6.45, 7) is 1.61. The highest BCUT2D eigenvalue weighted by atomic mass is 16.5. The Kier molecular flexibility index (Phi) is 5.31. The van der Waals surface area contributed by atoms with Gasteiger partial charge in [0.15, 0.2) is 5.84 Å². The van der Waals surface area contributed by atoms with Crippen LogP contribution >= 0.6 is 0 Å². The molecule has 0 unspecified atom stereocenters. The van der Waals surface area contributed by atoms with Gasteiger partial charge in [0.1, 0.15) is 0 Å². The minimum Gasteiger partial charge on any atom is -0.409 e. The number of nitrogens with two attached hydrogens (primary N) is 1. The fourth-order valence-corrected chi connectivity index (χ4v) is 1.39. The smallest absolute Gasteiger partial charge is 0.153 e. The molecule has 88 valence electrons. The van der Waals surface area contributed by atoms with Crippen LogP contribution in [0.15, 0.2) is 29.4 Å². The second-order valence-corrected chi connectivity index (χ2v) is 3.40. The second kappa shape index (κ2) is 6.81. The molecule has 1 aromatic rings. The summed E-state index contributed by atoms with van der Waals surface area (Å²) in [5.41, 5.74) is 7.63. The van der Waals surface area contributed by atoms with E-state index in [1.807, 2.05) is 24.3 Å². The van der Waals surface area contributed by atoms with E-state index in [4.69, 9.17) is 15.7 Å². The van der Waals surface area contributed by atoms with E-state index < -0.39 is 0 Å². The summed E-state index contributed by atoms with van der Waals surface area (Å²) >= 11 is 0. The lowest BCUT2D eigenvalue weighted by Gasteiger charge is -2.09. The van der Waals surface area contributed by atoms with Crippen LogP contribution in [0.4, 0.5) is 0 Å². The molecule has 5 heteroatoms. The van der Waals surface area contributed by atoms with Gasteiger partial charge in [-0.2, -0.15) is 0 Å². The van der Waals surface area contributed by atoms with Crippen molar-refractivity contribution >= 4 is 5.84 Å². The number of amidine groups is 1. The molecular formula is C11H17N3O2. The Bertz CT molecular complexity index is 353. The zero-order valence-electron chi connectivity index (χ0n) is 9.31. The molecule has 0 radical (unpaired) electrons. The van der Waals surface area contributed by atoms with Gasteiger partial charge in [0.2, 0.25) is 0 Å². The average Bonchev–Trinajstić information content (AvgIpc) is 2.31. The standard InChI is InChI=1S/C11H17N3O2/c1-16-8-10-5-3-2-4-9(10)6-13-7-11(12)14-15/h2-5,13,15H,6-8H2,1H3,(H2,12,14). The van der Waals surface area contributed by atoms with Crippen molar-refractivity contribution in [3.63, 3.8) is 0 Å².